The fraction of sp³-hybridized carbons (Fsp3) is 0.765. The van der Waals surface area contributed by atoms with Crippen LogP contribution in [-0.2, 0) is 28.6 Å². The van der Waals surface area contributed by atoms with E-state index in [1.165, 1.54) is 0 Å². The number of rotatable bonds is 4. The fourth-order valence-electron chi connectivity index (χ4n) is 3.06. The van der Waals surface area contributed by atoms with E-state index < -0.39 is 59.6 Å². The summed E-state index contributed by atoms with van der Waals surface area (Å²) in [6.07, 6.45) is -4.58. The third-order valence-corrected chi connectivity index (χ3v) is 3.92. The van der Waals surface area contributed by atoms with Gasteiger partial charge in [-0.25, -0.2) is 14.5 Å². The van der Waals surface area contributed by atoms with Gasteiger partial charge in [-0.1, -0.05) is 13.8 Å². The number of likely N-dealkylation sites (tertiary alicyclic amines) is 1. The van der Waals surface area contributed by atoms with Crippen molar-refractivity contribution in [2.75, 3.05) is 7.11 Å². The second-order valence-electron chi connectivity index (χ2n) is 7.52. The van der Waals surface area contributed by atoms with Crippen molar-refractivity contribution >= 4 is 23.9 Å². The lowest BCUT2D eigenvalue weighted by Gasteiger charge is -2.43. The molecule has 0 spiro atoms. The number of carbonyl (C=O) groups is 4. The van der Waals surface area contributed by atoms with Crippen LogP contribution in [0, 0.1) is 5.92 Å². The Bertz CT molecular complexity index is 594. The van der Waals surface area contributed by atoms with E-state index in [0.29, 0.717) is 4.90 Å². The molecule has 3 atom stereocenters. The molecule has 1 heterocycles. The quantitative estimate of drug-likeness (QED) is 0.573. The zero-order valence-corrected chi connectivity index (χ0v) is 16.2. The van der Waals surface area contributed by atoms with Crippen LogP contribution in [0.3, 0.4) is 0 Å². The van der Waals surface area contributed by atoms with E-state index in [4.69, 9.17) is 14.2 Å². The average Bonchev–Trinajstić information content (AvgIpc) is 2.73. The number of nitrogens with zero attached hydrogens (tertiary/aromatic N) is 1. The molecule has 0 unspecified atom stereocenters. The number of hydrogen-bond acceptors (Lipinski definition) is 8. The summed E-state index contributed by atoms with van der Waals surface area (Å²) >= 11 is 0. The van der Waals surface area contributed by atoms with Crippen LogP contribution in [0.4, 0.5) is 4.79 Å². The number of aliphatic hydroxyl groups is 1. The third-order valence-electron chi connectivity index (χ3n) is 3.92. The first-order chi connectivity index (χ1) is 11.8. The molecule has 9 heteroatoms. The van der Waals surface area contributed by atoms with Gasteiger partial charge in [0.15, 0.2) is 0 Å². The monoisotopic (exact) mass is 373 g/mol. The van der Waals surface area contributed by atoms with Crippen LogP contribution in [0.2, 0.25) is 0 Å². The summed E-state index contributed by atoms with van der Waals surface area (Å²) < 4.78 is 15.3. The molecule has 0 bridgehead atoms. The maximum Gasteiger partial charge on any atom is 0.418 e. The predicted molar refractivity (Wildman–Crippen MR) is 88.8 cm³/mol. The van der Waals surface area contributed by atoms with E-state index in [-0.39, 0.29) is 0 Å². The van der Waals surface area contributed by atoms with Gasteiger partial charge in [0.2, 0.25) is 11.4 Å². The van der Waals surface area contributed by atoms with Crippen LogP contribution in [0.5, 0.6) is 0 Å². The SMILES string of the molecule is COC(=O)[C@@]1([C@@H](OC(C)=O)C(C)C)[C@@H](O)CC(=O)N1C(=O)OC(C)(C)C. The highest BCUT2D eigenvalue weighted by molar-refractivity contribution is 6.03. The Morgan fingerprint density at radius 2 is 1.81 bits per heavy atom. The lowest BCUT2D eigenvalue weighted by atomic mass is 9.81. The maximum atomic E-state index is 12.7. The Hall–Kier alpha value is -2.16. The summed E-state index contributed by atoms with van der Waals surface area (Å²) in [7, 11) is 1.05. The Labute approximate surface area is 152 Å². The van der Waals surface area contributed by atoms with E-state index in [1.54, 1.807) is 34.6 Å². The molecule has 1 N–H and O–H groups in total. The van der Waals surface area contributed by atoms with Gasteiger partial charge in [0, 0.05) is 6.92 Å². The summed E-state index contributed by atoms with van der Waals surface area (Å²) in [5.41, 5.74) is -3.18. The van der Waals surface area contributed by atoms with Crippen molar-refractivity contribution in [3.05, 3.63) is 0 Å². The van der Waals surface area contributed by atoms with Gasteiger partial charge in [-0.3, -0.25) is 9.59 Å². The van der Waals surface area contributed by atoms with E-state index in [9.17, 15) is 24.3 Å². The molecule has 0 aromatic rings. The minimum atomic E-state index is -2.23. The molecule has 0 radical (unpaired) electrons. The maximum absolute atomic E-state index is 12.7. The van der Waals surface area contributed by atoms with Gasteiger partial charge >= 0.3 is 18.0 Å². The van der Waals surface area contributed by atoms with Crippen molar-refractivity contribution in [3.8, 4) is 0 Å². The summed E-state index contributed by atoms with van der Waals surface area (Å²) in [4.78, 5) is 50.0. The van der Waals surface area contributed by atoms with Crippen molar-refractivity contribution in [2.45, 2.75) is 71.3 Å². The van der Waals surface area contributed by atoms with Crippen LogP contribution >= 0.6 is 0 Å². The average molecular weight is 373 g/mol. The minimum absolute atomic E-state index is 0.515. The number of esters is 2. The summed E-state index contributed by atoms with van der Waals surface area (Å²) in [6, 6.07) is 0. The molecule has 0 aliphatic carbocycles. The first kappa shape index (κ1) is 21.9. The van der Waals surface area contributed by atoms with Crippen molar-refractivity contribution in [3.63, 3.8) is 0 Å². The number of amides is 2. The third kappa shape index (κ3) is 3.98. The second kappa shape index (κ2) is 7.61. The van der Waals surface area contributed by atoms with Crippen molar-refractivity contribution < 1.29 is 38.5 Å². The molecule has 9 nitrogen and oxygen atoms in total. The Morgan fingerprint density at radius 1 is 1.27 bits per heavy atom. The number of aliphatic hydroxyl groups excluding tert-OH is 1. The highest BCUT2D eigenvalue weighted by Gasteiger charge is 2.68. The summed E-state index contributed by atoms with van der Waals surface area (Å²) in [6.45, 7) is 9.15. The van der Waals surface area contributed by atoms with E-state index in [1.807, 2.05) is 0 Å². The molecule has 26 heavy (non-hydrogen) atoms. The number of imide groups is 1. The zero-order valence-electron chi connectivity index (χ0n) is 16.2. The predicted octanol–water partition coefficient (Wildman–Crippen LogP) is 1.01. The van der Waals surface area contributed by atoms with Crippen LogP contribution < -0.4 is 0 Å². The van der Waals surface area contributed by atoms with Crippen LogP contribution in [0.15, 0.2) is 0 Å². The highest BCUT2D eigenvalue weighted by atomic mass is 16.6. The van der Waals surface area contributed by atoms with E-state index in [0.717, 1.165) is 14.0 Å². The lowest BCUT2D eigenvalue weighted by Crippen LogP contribution is -2.69. The number of ether oxygens (including phenoxy) is 3. The number of carbonyl (C=O) groups excluding carboxylic acids is 4. The Morgan fingerprint density at radius 3 is 2.19 bits per heavy atom. The molecule has 2 amide bonds. The summed E-state index contributed by atoms with van der Waals surface area (Å²) in [5, 5.41) is 10.6. The van der Waals surface area contributed by atoms with Crippen molar-refractivity contribution in [2.24, 2.45) is 5.92 Å². The molecule has 148 valence electrons. The fourth-order valence-corrected chi connectivity index (χ4v) is 3.06. The second-order valence-corrected chi connectivity index (χ2v) is 7.52. The molecule has 1 aliphatic rings. The van der Waals surface area contributed by atoms with Gasteiger partial charge < -0.3 is 19.3 Å². The molecule has 1 aliphatic heterocycles. The van der Waals surface area contributed by atoms with Gasteiger partial charge in [0.1, 0.15) is 17.8 Å². The molecule has 0 aromatic carbocycles. The van der Waals surface area contributed by atoms with Crippen LogP contribution in [0.25, 0.3) is 0 Å². The largest absolute Gasteiger partial charge is 0.467 e. The minimum Gasteiger partial charge on any atom is -0.467 e. The number of methoxy groups -OCH3 is 1. The first-order valence-electron chi connectivity index (χ1n) is 8.28. The molecule has 1 fully saturated rings. The highest BCUT2D eigenvalue weighted by Crippen LogP contribution is 2.40. The lowest BCUT2D eigenvalue weighted by molar-refractivity contribution is -0.184. The molecule has 0 aromatic heterocycles. The molecular formula is C17H27NO8. The van der Waals surface area contributed by atoms with E-state index in [2.05, 4.69) is 0 Å². The summed E-state index contributed by atoms with van der Waals surface area (Å²) in [5.74, 6) is -3.15. The van der Waals surface area contributed by atoms with Crippen LogP contribution in [0.1, 0.15) is 48.0 Å². The van der Waals surface area contributed by atoms with Crippen LogP contribution in [-0.4, -0.2) is 64.4 Å². The molecule has 1 saturated heterocycles. The Kier molecular flexibility index (Phi) is 6.40. The molecule has 0 saturated carbocycles. The normalized spacial score (nSPS) is 24.4. The Balaban J connectivity index is 3.61. The van der Waals surface area contributed by atoms with Crippen molar-refractivity contribution in [1.82, 2.24) is 4.90 Å². The zero-order chi connectivity index (χ0) is 20.4. The smallest absolute Gasteiger partial charge is 0.418 e. The first-order valence-corrected chi connectivity index (χ1v) is 8.28. The standard InChI is InChI=1S/C17H27NO8/c1-9(2)13(25-10(3)19)17(14(22)24-7)11(20)8-12(21)18(17)15(23)26-16(4,5)6/h9,11,13,20H,8H2,1-7H3/t11-,13-,17-/m0/s1. The molecule has 1 rings (SSSR count). The van der Waals surface area contributed by atoms with Gasteiger partial charge in [-0.05, 0) is 26.7 Å². The van der Waals surface area contributed by atoms with Gasteiger partial charge in [-0.2, -0.15) is 0 Å². The topological polar surface area (TPSA) is 119 Å². The van der Waals surface area contributed by atoms with E-state index >= 15 is 0 Å². The van der Waals surface area contributed by atoms with Gasteiger partial charge in [-0.15, -0.1) is 0 Å². The molecular weight excluding hydrogens is 346 g/mol. The van der Waals surface area contributed by atoms with Crippen molar-refractivity contribution in [1.29, 1.82) is 0 Å². The number of hydrogen-bond donors (Lipinski definition) is 1. The van der Waals surface area contributed by atoms with Gasteiger partial charge in [0.25, 0.3) is 0 Å². The van der Waals surface area contributed by atoms with Gasteiger partial charge in [0.05, 0.1) is 13.5 Å².